The Bertz CT molecular complexity index is 344. The summed E-state index contributed by atoms with van der Waals surface area (Å²) in [5.41, 5.74) is -0.107. The number of rotatable bonds is 4. The normalized spacial score (nSPS) is 14.5. The monoisotopic (exact) mass is 210 g/mol. The molecule has 0 amide bonds. The predicted molar refractivity (Wildman–Crippen MR) is 54.8 cm³/mol. The molecule has 1 aromatic rings. The van der Waals surface area contributed by atoms with Crippen LogP contribution >= 0.6 is 0 Å². The molecule has 4 nitrogen and oxygen atoms in total. The van der Waals surface area contributed by atoms with Crippen molar-refractivity contribution in [3.63, 3.8) is 0 Å². The van der Waals surface area contributed by atoms with Crippen LogP contribution in [0.1, 0.15) is 18.9 Å². The van der Waals surface area contributed by atoms with E-state index in [2.05, 4.69) is 0 Å². The number of carbonyl (C=O) groups is 1. The molecule has 3 N–H and O–H groups in total. The van der Waals surface area contributed by atoms with Crippen LogP contribution in [0.5, 0.6) is 5.75 Å². The van der Waals surface area contributed by atoms with Crippen LogP contribution in [0.15, 0.2) is 24.3 Å². The van der Waals surface area contributed by atoms with Gasteiger partial charge in [0, 0.05) is 5.41 Å². The summed E-state index contributed by atoms with van der Waals surface area (Å²) < 4.78 is 0. The van der Waals surface area contributed by atoms with Gasteiger partial charge in [-0.05, 0) is 17.7 Å². The molecule has 1 rings (SSSR count). The van der Waals surface area contributed by atoms with Gasteiger partial charge in [0.25, 0.3) is 0 Å². The molecule has 4 heteroatoms. The van der Waals surface area contributed by atoms with E-state index in [1.54, 1.807) is 19.1 Å². The lowest BCUT2D eigenvalue weighted by Crippen LogP contribution is -2.29. The Hall–Kier alpha value is -1.55. The first kappa shape index (κ1) is 11.5. The van der Waals surface area contributed by atoms with Crippen molar-refractivity contribution in [2.75, 3.05) is 6.61 Å². The molecular weight excluding hydrogens is 196 g/mol. The largest absolute Gasteiger partial charge is 0.508 e. The maximum Gasteiger partial charge on any atom is 0.304 e. The second-order valence-corrected chi connectivity index (χ2v) is 3.84. The third kappa shape index (κ3) is 2.70. The van der Waals surface area contributed by atoms with Crippen molar-refractivity contribution in [1.82, 2.24) is 0 Å². The zero-order valence-electron chi connectivity index (χ0n) is 8.47. The van der Waals surface area contributed by atoms with E-state index in [-0.39, 0.29) is 18.8 Å². The van der Waals surface area contributed by atoms with Crippen LogP contribution in [0.25, 0.3) is 0 Å². The average Bonchev–Trinajstić information content (AvgIpc) is 2.17. The fraction of sp³-hybridized carbons (Fsp3) is 0.364. The smallest absolute Gasteiger partial charge is 0.304 e. The number of aliphatic hydroxyl groups excluding tert-OH is 1. The first-order valence-electron chi connectivity index (χ1n) is 4.60. The lowest BCUT2D eigenvalue weighted by atomic mass is 9.80. The van der Waals surface area contributed by atoms with Gasteiger partial charge in [0.1, 0.15) is 5.75 Å². The Morgan fingerprint density at radius 3 is 2.27 bits per heavy atom. The third-order valence-electron chi connectivity index (χ3n) is 2.45. The minimum Gasteiger partial charge on any atom is -0.508 e. The topological polar surface area (TPSA) is 77.8 Å². The number of carboxylic acids is 1. The van der Waals surface area contributed by atoms with E-state index < -0.39 is 11.4 Å². The van der Waals surface area contributed by atoms with Gasteiger partial charge in [0.15, 0.2) is 0 Å². The highest BCUT2D eigenvalue weighted by Crippen LogP contribution is 2.28. The molecule has 15 heavy (non-hydrogen) atoms. The Kier molecular flexibility index (Phi) is 3.31. The molecule has 1 unspecified atom stereocenters. The maximum atomic E-state index is 10.7. The van der Waals surface area contributed by atoms with Gasteiger partial charge in [-0.2, -0.15) is 0 Å². The van der Waals surface area contributed by atoms with E-state index in [4.69, 9.17) is 10.2 Å². The number of hydrogen-bond acceptors (Lipinski definition) is 3. The van der Waals surface area contributed by atoms with Gasteiger partial charge in [0.2, 0.25) is 0 Å². The SMILES string of the molecule is CC(CO)(CC(=O)O)c1ccc(O)cc1. The quantitative estimate of drug-likeness (QED) is 0.695. The highest BCUT2D eigenvalue weighted by atomic mass is 16.4. The number of aliphatic carboxylic acids is 1. The van der Waals surface area contributed by atoms with E-state index in [0.29, 0.717) is 5.56 Å². The van der Waals surface area contributed by atoms with Crippen LogP contribution in [-0.4, -0.2) is 27.9 Å². The van der Waals surface area contributed by atoms with Gasteiger partial charge in [-0.1, -0.05) is 19.1 Å². The van der Waals surface area contributed by atoms with Gasteiger partial charge in [-0.3, -0.25) is 4.79 Å². The van der Waals surface area contributed by atoms with Crippen molar-refractivity contribution in [3.8, 4) is 5.75 Å². The fourth-order valence-electron chi connectivity index (χ4n) is 1.45. The van der Waals surface area contributed by atoms with Gasteiger partial charge < -0.3 is 15.3 Å². The van der Waals surface area contributed by atoms with Crippen LogP contribution < -0.4 is 0 Å². The van der Waals surface area contributed by atoms with Crippen molar-refractivity contribution in [3.05, 3.63) is 29.8 Å². The van der Waals surface area contributed by atoms with E-state index in [1.165, 1.54) is 12.1 Å². The van der Waals surface area contributed by atoms with Crippen molar-refractivity contribution in [1.29, 1.82) is 0 Å². The lowest BCUT2D eigenvalue weighted by Gasteiger charge is -2.25. The Labute approximate surface area is 87.8 Å². The van der Waals surface area contributed by atoms with Crippen LogP contribution in [-0.2, 0) is 10.2 Å². The van der Waals surface area contributed by atoms with Crippen LogP contribution in [0.2, 0.25) is 0 Å². The second-order valence-electron chi connectivity index (χ2n) is 3.84. The first-order valence-corrected chi connectivity index (χ1v) is 4.60. The Balaban J connectivity index is 3.00. The van der Waals surface area contributed by atoms with Crippen LogP contribution in [0.4, 0.5) is 0 Å². The first-order chi connectivity index (χ1) is 6.98. The summed E-state index contributed by atoms with van der Waals surface area (Å²) in [6.07, 6.45) is -0.145. The minimum atomic E-state index is -0.959. The van der Waals surface area contributed by atoms with Gasteiger partial charge >= 0.3 is 5.97 Å². The summed E-state index contributed by atoms with van der Waals surface area (Å²) in [6.45, 7) is 1.43. The molecule has 0 spiro atoms. The van der Waals surface area contributed by atoms with Crippen molar-refractivity contribution >= 4 is 5.97 Å². The molecule has 82 valence electrons. The molecule has 1 atom stereocenters. The van der Waals surface area contributed by atoms with Crippen LogP contribution in [0, 0.1) is 0 Å². The molecule has 0 bridgehead atoms. The molecule has 0 saturated carbocycles. The number of benzene rings is 1. The van der Waals surface area contributed by atoms with E-state index >= 15 is 0 Å². The number of phenolic OH excluding ortho intramolecular Hbond substituents is 1. The Morgan fingerprint density at radius 2 is 1.87 bits per heavy atom. The molecule has 0 aliphatic heterocycles. The summed E-state index contributed by atoms with van der Waals surface area (Å²) in [7, 11) is 0. The number of aliphatic hydroxyl groups is 1. The number of carboxylic acid groups (broad SMARTS) is 1. The van der Waals surface area contributed by atoms with Gasteiger partial charge in [0.05, 0.1) is 13.0 Å². The van der Waals surface area contributed by atoms with E-state index in [0.717, 1.165) is 0 Å². The van der Waals surface area contributed by atoms with Crippen molar-refractivity contribution < 1.29 is 20.1 Å². The maximum absolute atomic E-state index is 10.7. The minimum absolute atomic E-state index is 0.120. The molecule has 1 aromatic carbocycles. The number of aromatic hydroxyl groups is 1. The number of phenols is 1. The Morgan fingerprint density at radius 1 is 1.33 bits per heavy atom. The second kappa shape index (κ2) is 4.31. The fourth-order valence-corrected chi connectivity index (χ4v) is 1.45. The molecule has 0 radical (unpaired) electrons. The highest BCUT2D eigenvalue weighted by Gasteiger charge is 2.28. The van der Waals surface area contributed by atoms with E-state index in [9.17, 15) is 9.90 Å². The summed E-state index contributed by atoms with van der Waals surface area (Å²) in [5, 5.41) is 27.1. The molecule has 0 fully saturated rings. The average molecular weight is 210 g/mol. The predicted octanol–water partition coefficient (Wildman–Crippen LogP) is 1.12. The molecular formula is C11H14O4. The number of hydrogen-bond donors (Lipinski definition) is 3. The molecule has 0 aliphatic carbocycles. The standard InChI is InChI=1S/C11H14O4/c1-11(7-12,6-10(14)15)8-2-4-9(13)5-3-8/h2-5,12-13H,6-7H2,1H3,(H,14,15). The molecule has 0 saturated heterocycles. The zero-order chi connectivity index (χ0) is 11.5. The van der Waals surface area contributed by atoms with Gasteiger partial charge in [-0.15, -0.1) is 0 Å². The highest BCUT2D eigenvalue weighted by molar-refractivity contribution is 5.69. The zero-order valence-corrected chi connectivity index (χ0v) is 8.47. The van der Waals surface area contributed by atoms with E-state index in [1.807, 2.05) is 0 Å². The summed E-state index contributed by atoms with van der Waals surface area (Å²) in [6, 6.07) is 6.19. The van der Waals surface area contributed by atoms with Gasteiger partial charge in [-0.25, -0.2) is 0 Å². The third-order valence-corrected chi connectivity index (χ3v) is 2.45. The molecule has 0 aliphatic rings. The van der Waals surface area contributed by atoms with Crippen molar-refractivity contribution in [2.45, 2.75) is 18.8 Å². The summed E-state index contributed by atoms with van der Waals surface area (Å²) >= 11 is 0. The van der Waals surface area contributed by atoms with Crippen LogP contribution in [0.3, 0.4) is 0 Å². The molecule has 0 heterocycles. The summed E-state index contributed by atoms with van der Waals surface area (Å²) in [5.74, 6) is -0.839. The lowest BCUT2D eigenvalue weighted by molar-refractivity contribution is -0.138. The van der Waals surface area contributed by atoms with Crippen molar-refractivity contribution in [2.24, 2.45) is 0 Å². The summed E-state index contributed by atoms with van der Waals surface area (Å²) in [4.78, 5) is 10.7. The molecule has 0 aromatic heterocycles.